The van der Waals surface area contributed by atoms with Crippen LogP contribution in [0.5, 0.6) is 5.75 Å². The quantitative estimate of drug-likeness (QED) is 0.847. The summed E-state index contributed by atoms with van der Waals surface area (Å²) in [6.45, 7) is 2.53. The van der Waals surface area contributed by atoms with Crippen molar-refractivity contribution in [1.29, 1.82) is 0 Å². The summed E-state index contributed by atoms with van der Waals surface area (Å²) in [4.78, 5) is 0.168. The van der Waals surface area contributed by atoms with Gasteiger partial charge in [0.2, 0.25) is 10.0 Å². The Kier molecular flexibility index (Phi) is 4.50. The molecule has 0 bridgehead atoms. The van der Waals surface area contributed by atoms with Gasteiger partial charge in [0, 0.05) is 20.1 Å². The Morgan fingerprint density at radius 3 is 2.53 bits per heavy atom. The molecular weight excluding hydrogens is 240 g/mol. The molecule has 2 N–H and O–H groups in total. The Morgan fingerprint density at radius 2 is 2.06 bits per heavy atom. The lowest BCUT2D eigenvalue weighted by Crippen LogP contribution is -2.27. The summed E-state index contributed by atoms with van der Waals surface area (Å²) in [7, 11) is -0.511. The van der Waals surface area contributed by atoms with E-state index in [1.54, 1.807) is 19.1 Å². The second kappa shape index (κ2) is 5.48. The number of nitrogens with zero attached hydrogens (tertiary/aromatic N) is 1. The molecule has 0 unspecified atom stereocenters. The van der Waals surface area contributed by atoms with Crippen LogP contribution in [0.25, 0.3) is 0 Å². The van der Waals surface area contributed by atoms with Crippen molar-refractivity contribution in [2.45, 2.75) is 18.4 Å². The van der Waals surface area contributed by atoms with Gasteiger partial charge in [0.05, 0.1) is 7.11 Å². The third kappa shape index (κ3) is 2.77. The maximum absolute atomic E-state index is 12.2. The number of nitrogens with two attached hydrogens (primary N) is 1. The van der Waals surface area contributed by atoms with Crippen LogP contribution in [-0.4, -0.2) is 33.4 Å². The van der Waals surface area contributed by atoms with Crippen LogP contribution in [0.1, 0.15) is 12.5 Å². The Labute approximate surface area is 102 Å². The highest BCUT2D eigenvalue weighted by atomic mass is 32.2. The van der Waals surface area contributed by atoms with Crippen molar-refractivity contribution < 1.29 is 13.2 Å². The van der Waals surface area contributed by atoms with Crippen LogP contribution in [0, 0.1) is 0 Å². The molecule has 17 heavy (non-hydrogen) atoms. The van der Waals surface area contributed by atoms with Crippen LogP contribution in [0.2, 0.25) is 0 Å². The van der Waals surface area contributed by atoms with Crippen LogP contribution in [0.15, 0.2) is 23.1 Å². The number of hydrogen-bond donors (Lipinski definition) is 1. The van der Waals surface area contributed by atoms with Crippen LogP contribution in [-0.2, 0) is 16.6 Å². The number of rotatable bonds is 5. The van der Waals surface area contributed by atoms with E-state index in [1.165, 1.54) is 24.5 Å². The minimum Gasteiger partial charge on any atom is -0.495 e. The zero-order chi connectivity index (χ0) is 13.1. The molecule has 0 saturated carbocycles. The van der Waals surface area contributed by atoms with E-state index in [0.717, 1.165) is 5.56 Å². The van der Waals surface area contributed by atoms with E-state index in [9.17, 15) is 8.42 Å². The van der Waals surface area contributed by atoms with Crippen LogP contribution in [0.3, 0.4) is 0 Å². The maximum atomic E-state index is 12.2. The first kappa shape index (κ1) is 14.0. The molecular formula is C11H18N2O3S. The molecule has 0 heterocycles. The van der Waals surface area contributed by atoms with Crippen molar-refractivity contribution in [2.24, 2.45) is 5.73 Å². The first-order valence-corrected chi connectivity index (χ1v) is 6.74. The SMILES string of the molecule is CCN(C)S(=O)(=O)c1ccc(CN)cc1OC. The molecule has 1 aromatic rings. The third-order valence-corrected chi connectivity index (χ3v) is 4.57. The summed E-state index contributed by atoms with van der Waals surface area (Å²) < 4.78 is 30.7. The van der Waals surface area contributed by atoms with Gasteiger partial charge < -0.3 is 10.5 Å². The lowest BCUT2D eigenvalue weighted by molar-refractivity contribution is 0.398. The Hall–Kier alpha value is -1.11. The molecule has 0 spiro atoms. The van der Waals surface area contributed by atoms with E-state index in [4.69, 9.17) is 10.5 Å². The van der Waals surface area contributed by atoms with Gasteiger partial charge in [0.15, 0.2) is 0 Å². The minimum atomic E-state index is -3.49. The average molecular weight is 258 g/mol. The summed E-state index contributed by atoms with van der Waals surface area (Å²) in [6.07, 6.45) is 0. The molecule has 1 rings (SSSR count). The lowest BCUT2D eigenvalue weighted by atomic mass is 10.2. The number of sulfonamides is 1. The van der Waals surface area contributed by atoms with Gasteiger partial charge in [-0.2, -0.15) is 0 Å². The molecule has 0 aliphatic heterocycles. The number of hydrogen-bond acceptors (Lipinski definition) is 4. The molecule has 0 fully saturated rings. The fourth-order valence-corrected chi connectivity index (χ4v) is 2.70. The van der Waals surface area contributed by atoms with Crippen LogP contribution >= 0.6 is 0 Å². The van der Waals surface area contributed by atoms with Crippen molar-refractivity contribution >= 4 is 10.0 Å². The molecule has 96 valence electrons. The maximum Gasteiger partial charge on any atom is 0.246 e. The fourth-order valence-electron chi connectivity index (χ4n) is 1.39. The average Bonchev–Trinajstić information content (AvgIpc) is 2.36. The van der Waals surface area contributed by atoms with E-state index in [1.807, 2.05) is 0 Å². The van der Waals surface area contributed by atoms with Gasteiger partial charge in [-0.25, -0.2) is 12.7 Å². The van der Waals surface area contributed by atoms with Gasteiger partial charge in [-0.15, -0.1) is 0 Å². The second-order valence-corrected chi connectivity index (χ2v) is 5.62. The van der Waals surface area contributed by atoms with Crippen LogP contribution in [0.4, 0.5) is 0 Å². The predicted molar refractivity (Wildman–Crippen MR) is 66.4 cm³/mol. The molecule has 0 aliphatic carbocycles. The molecule has 6 heteroatoms. The fraction of sp³-hybridized carbons (Fsp3) is 0.455. The monoisotopic (exact) mass is 258 g/mol. The summed E-state index contributed by atoms with van der Waals surface area (Å²) in [5.74, 6) is 0.327. The predicted octanol–water partition coefficient (Wildman–Crippen LogP) is 0.794. The Balaban J connectivity index is 3.32. The molecule has 5 nitrogen and oxygen atoms in total. The summed E-state index contributed by atoms with van der Waals surface area (Å²) >= 11 is 0. The number of methoxy groups -OCH3 is 1. The van der Waals surface area contributed by atoms with Gasteiger partial charge in [0.25, 0.3) is 0 Å². The standard InChI is InChI=1S/C11H18N2O3S/c1-4-13(2)17(14,15)11-6-5-9(8-12)7-10(11)16-3/h5-7H,4,8,12H2,1-3H3. The van der Waals surface area contributed by atoms with E-state index in [2.05, 4.69) is 0 Å². The summed E-state index contributed by atoms with van der Waals surface area (Å²) in [5, 5.41) is 0. The highest BCUT2D eigenvalue weighted by Gasteiger charge is 2.23. The van der Waals surface area contributed by atoms with Crippen molar-refractivity contribution in [3.63, 3.8) is 0 Å². The Bertz CT molecular complexity index is 485. The third-order valence-electron chi connectivity index (χ3n) is 2.60. The largest absolute Gasteiger partial charge is 0.495 e. The van der Waals surface area contributed by atoms with E-state index in [-0.39, 0.29) is 4.90 Å². The van der Waals surface area contributed by atoms with Crippen molar-refractivity contribution in [1.82, 2.24) is 4.31 Å². The number of benzene rings is 1. The molecule has 0 radical (unpaired) electrons. The van der Waals surface area contributed by atoms with Crippen molar-refractivity contribution in [2.75, 3.05) is 20.7 Å². The summed E-state index contributed by atoms with van der Waals surface area (Å²) in [5.41, 5.74) is 6.34. The molecule has 0 amide bonds. The first-order valence-electron chi connectivity index (χ1n) is 5.30. The van der Waals surface area contributed by atoms with Crippen molar-refractivity contribution in [3.8, 4) is 5.75 Å². The zero-order valence-electron chi connectivity index (χ0n) is 10.3. The van der Waals surface area contributed by atoms with E-state index >= 15 is 0 Å². The first-order chi connectivity index (χ1) is 7.97. The van der Waals surface area contributed by atoms with Crippen molar-refractivity contribution in [3.05, 3.63) is 23.8 Å². The second-order valence-electron chi connectivity index (χ2n) is 3.61. The molecule has 0 atom stereocenters. The van der Waals surface area contributed by atoms with Gasteiger partial charge in [-0.1, -0.05) is 13.0 Å². The van der Waals surface area contributed by atoms with Gasteiger partial charge in [0.1, 0.15) is 10.6 Å². The normalized spacial score (nSPS) is 11.8. The zero-order valence-corrected chi connectivity index (χ0v) is 11.1. The molecule has 0 saturated heterocycles. The molecule has 0 aliphatic rings. The van der Waals surface area contributed by atoms with Gasteiger partial charge >= 0.3 is 0 Å². The van der Waals surface area contributed by atoms with E-state index < -0.39 is 10.0 Å². The lowest BCUT2D eigenvalue weighted by Gasteiger charge is -2.17. The minimum absolute atomic E-state index is 0.168. The van der Waals surface area contributed by atoms with Crippen LogP contribution < -0.4 is 10.5 Å². The number of ether oxygens (including phenoxy) is 1. The Morgan fingerprint density at radius 1 is 1.41 bits per heavy atom. The van der Waals surface area contributed by atoms with E-state index in [0.29, 0.717) is 18.8 Å². The molecule has 0 aromatic heterocycles. The summed E-state index contributed by atoms with van der Waals surface area (Å²) in [6, 6.07) is 4.87. The smallest absolute Gasteiger partial charge is 0.246 e. The highest BCUT2D eigenvalue weighted by Crippen LogP contribution is 2.27. The molecule has 1 aromatic carbocycles. The van der Waals surface area contributed by atoms with Gasteiger partial charge in [-0.3, -0.25) is 0 Å². The topological polar surface area (TPSA) is 72.6 Å². The highest BCUT2D eigenvalue weighted by molar-refractivity contribution is 7.89. The van der Waals surface area contributed by atoms with Gasteiger partial charge in [-0.05, 0) is 17.7 Å².